The predicted octanol–water partition coefficient (Wildman–Crippen LogP) is 4.12. The van der Waals surface area contributed by atoms with Gasteiger partial charge < -0.3 is 5.32 Å². The van der Waals surface area contributed by atoms with E-state index in [9.17, 15) is 4.39 Å². The van der Waals surface area contributed by atoms with Gasteiger partial charge in [-0.05, 0) is 49.9 Å². The Morgan fingerprint density at radius 2 is 2.19 bits per heavy atom. The topological polar surface area (TPSA) is 12.0 Å². The lowest BCUT2D eigenvalue weighted by Gasteiger charge is -2.29. The molecular formula is C14H20FN. The summed E-state index contributed by atoms with van der Waals surface area (Å²) in [4.78, 5) is 0. The van der Waals surface area contributed by atoms with Crippen molar-refractivity contribution in [3.05, 3.63) is 29.6 Å². The van der Waals surface area contributed by atoms with Crippen LogP contribution in [0.3, 0.4) is 0 Å². The summed E-state index contributed by atoms with van der Waals surface area (Å²) in [7, 11) is 0. The van der Waals surface area contributed by atoms with Gasteiger partial charge >= 0.3 is 0 Å². The second-order valence-corrected chi connectivity index (χ2v) is 5.04. The summed E-state index contributed by atoms with van der Waals surface area (Å²) in [5, 5.41) is 3.47. The van der Waals surface area contributed by atoms with Crippen LogP contribution in [0.2, 0.25) is 0 Å². The van der Waals surface area contributed by atoms with Crippen molar-refractivity contribution in [2.24, 2.45) is 5.92 Å². The molecule has 1 N–H and O–H groups in total. The van der Waals surface area contributed by atoms with Gasteiger partial charge in [-0.2, -0.15) is 0 Å². The number of nitrogens with one attached hydrogen (secondary N) is 1. The van der Waals surface area contributed by atoms with E-state index in [2.05, 4.69) is 12.2 Å². The van der Waals surface area contributed by atoms with Gasteiger partial charge in [0.15, 0.2) is 0 Å². The van der Waals surface area contributed by atoms with Crippen LogP contribution in [0.25, 0.3) is 0 Å². The van der Waals surface area contributed by atoms with Gasteiger partial charge in [-0.25, -0.2) is 4.39 Å². The fourth-order valence-corrected chi connectivity index (χ4v) is 2.34. The van der Waals surface area contributed by atoms with Crippen molar-refractivity contribution in [1.29, 1.82) is 0 Å². The molecule has 0 bridgehead atoms. The van der Waals surface area contributed by atoms with Gasteiger partial charge in [-0.1, -0.05) is 19.3 Å². The van der Waals surface area contributed by atoms with Crippen LogP contribution in [0.5, 0.6) is 0 Å². The molecule has 1 saturated carbocycles. The molecule has 1 atom stereocenters. The average molecular weight is 221 g/mol. The first-order valence-corrected chi connectivity index (χ1v) is 6.18. The zero-order valence-corrected chi connectivity index (χ0v) is 10.1. The summed E-state index contributed by atoms with van der Waals surface area (Å²) in [6.07, 6.45) is 5.40. The minimum absolute atomic E-state index is 0.158. The molecule has 1 aromatic rings. The SMILES string of the molecule is Cc1cc(F)ccc1NC(C)CC1CCC1. The molecule has 1 fully saturated rings. The maximum Gasteiger partial charge on any atom is 0.123 e. The predicted molar refractivity (Wildman–Crippen MR) is 66.2 cm³/mol. The molecule has 0 heterocycles. The molecule has 2 heteroatoms. The van der Waals surface area contributed by atoms with Gasteiger partial charge in [-0.15, -0.1) is 0 Å². The van der Waals surface area contributed by atoms with Crippen LogP contribution in [0.1, 0.15) is 38.2 Å². The van der Waals surface area contributed by atoms with E-state index in [0.717, 1.165) is 17.2 Å². The van der Waals surface area contributed by atoms with Crippen molar-refractivity contribution in [3.63, 3.8) is 0 Å². The third-order valence-corrected chi connectivity index (χ3v) is 3.50. The van der Waals surface area contributed by atoms with Gasteiger partial charge in [0.25, 0.3) is 0 Å². The van der Waals surface area contributed by atoms with Crippen molar-refractivity contribution in [2.75, 3.05) is 5.32 Å². The Hall–Kier alpha value is -1.05. The Morgan fingerprint density at radius 3 is 2.75 bits per heavy atom. The van der Waals surface area contributed by atoms with Gasteiger partial charge in [-0.3, -0.25) is 0 Å². The first kappa shape index (κ1) is 11.4. The fourth-order valence-electron chi connectivity index (χ4n) is 2.34. The molecule has 0 spiro atoms. The minimum Gasteiger partial charge on any atom is -0.382 e. The Morgan fingerprint density at radius 1 is 1.44 bits per heavy atom. The monoisotopic (exact) mass is 221 g/mol. The van der Waals surface area contributed by atoms with Crippen molar-refractivity contribution >= 4 is 5.69 Å². The zero-order chi connectivity index (χ0) is 11.5. The van der Waals surface area contributed by atoms with Crippen molar-refractivity contribution in [2.45, 2.75) is 45.6 Å². The number of rotatable bonds is 4. The summed E-state index contributed by atoms with van der Waals surface area (Å²) < 4.78 is 12.9. The molecule has 1 aromatic carbocycles. The van der Waals surface area contributed by atoms with E-state index in [-0.39, 0.29) is 5.82 Å². The standard InChI is InChI=1S/C14H20FN/c1-10-8-13(15)6-7-14(10)16-11(2)9-12-4-3-5-12/h6-8,11-12,16H,3-5,9H2,1-2H3. The molecule has 16 heavy (non-hydrogen) atoms. The third kappa shape index (κ3) is 2.75. The molecule has 0 saturated heterocycles. The molecule has 1 unspecified atom stereocenters. The molecule has 1 nitrogen and oxygen atoms in total. The highest BCUT2D eigenvalue weighted by Gasteiger charge is 2.19. The van der Waals surface area contributed by atoms with E-state index >= 15 is 0 Å². The molecule has 0 aliphatic heterocycles. The summed E-state index contributed by atoms with van der Waals surface area (Å²) in [5.41, 5.74) is 2.05. The largest absolute Gasteiger partial charge is 0.382 e. The number of hydrogen-bond donors (Lipinski definition) is 1. The average Bonchev–Trinajstić information content (AvgIpc) is 2.16. The number of benzene rings is 1. The molecule has 0 radical (unpaired) electrons. The number of halogens is 1. The van der Waals surface area contributed by atoms with Crippen LogP contribution in [0.4, 0.5) is 10.1 Å². The fraction of sp³-hybridized carbons (Fsp3) is 0.571. The summed E-state index contributed by atoms with van der Waals surface area (Å²) in [6, 6.07) is 5.42. The van der Waals surface area contributed by atoms with Crippen molar-refractivity contribution < 1.29 is 4.39 Å². The van der Waals surface area contributed by atoms with Gasteiger partial charge in [0.05, 0.1) is 0 Å². The number of anilines is 1. The molecule has 1 aliphatic carbocycles. The second kappa shape index (κ2) is 4.86. The first-order chi connectivity index (χ1) is 7.65. The van der Waals surface area contributed by atoms with E-state index in [4.69, 9.17) is 0 Å². The summed E-state index contributed by atoms with van der Waals surface area (Å²) in [5.74, 6) is 0.748. The van der Waals surface area contributed by atoms with E-state index in [1.54, 1.807) is 6.07 Å². The summed E-state index contributed by atoms with van der Waals surface area (Å²) >= 11 is 0. The van der Waals surface area contributed by atoms with Crippen LogP contribution in [-0.2, 0) is 0 Å². The van der Waals surface area contributed by atoms with E-state index < -0.39 is 0 Å². The van der Waals surface area contributed by atoms with Crippen LogP contribution in [0.15, 0.2) is 18.2 Å². The number of hydrogen-bond acceptors (Lipinski definition) is 1. The smallest absolute Gasteiger partial charge is 0.123 e. The molecule has 0 aromatic heterocycles. The second-order valence-electron chi connectivity index (χ2n) is 5.04. The van der Waals surface area contributed by atoms with E-state index in [0.29, 0.717) is 6.04 Å². The Bertz CT molecular complexity index is 358. The lowest BCUT2D eigenvalue weighted by Crippen LogP contribution is -2.23. The van der Waals surface area contributed by atoms with Crippen LogP contribution < -0.4 is 5.32 Å². The normalized spacial score (nSPS) is 17.9. The lowest BCUT2D eigenvalue weighted by molar-refractivity contribution is 0.286. The van der Waals surface area contributed by atoms with Gasteiger partial charge in [0.2, 0.25) is 0 Å². The maximum atomic E-state index is 12.9. The highest BCUT2D eigenvalue weighted by atomic mass is 19.1. The zero-order valence-electron chi connectivity index (χ0n) is 10.1. The molecule has 2 rings (SSSR count). The Balaban J connectivity index is 1.91. The molecule has 1 aliphatic rings. The molecule has 88 valence electrons. The Labute approximate surface area is 97.1 Å². The number of aryl methyl sites for hydroxylation is 1. The van der Waals surface area contributed by atoms with Crippen LogP contribution in [-0.4, -0.2) is 6.04 Å². The molecular weight excluding hydrogens is 201 g/mol. The van der Waals surface area contributed by atoms with E-state index in [1.165, 1.54) is 31.7 Å². The summed E-state index contributed by atoms with van der Waals surface area (Å²) in [6.45, 7) is 4.16. The van der Waals surface area contributed by atoms with Gasteiger partial charge in [0, 0.05) is 11.7 Å². The van der Waals surface area contributed by atoms with Crippen molar-refractivity contribution in [3.8, 4) is 0 Å². The van der Waals surface area contributed by atoms with Gasteiger partial charge in [0.1, 0.15) is 5.82 Å². The maximum absolute atomic E-state index is 12.9. The minimum atomic E-state index is -0.158. The highest BCUT2D eigenvalue weighted by Crippen LogP contribution is 2.31. The highest BCUT2D eigenvalue weighted by molar-refractivity contribution is 5.51. The third-order valence-electron chi connectivity index (χ3n) is 3.50. The van der Waals surface area contributed by atoms with E-state index in [1.807, 2.05) is 13.0 Å². The molecule has 0 amide bonds. The quantitative estimate of drug-likeness (QED) is 0.806. The van der Waals surface area contributed by atoms with Crippen molar-refractivity contribution in [1.82, 2.24) is 0 Å². The Kier molecular flexibility index (Phi) is 3.47. The first-order valence-electron chi connectivity index (χ1n) is 6.18. The van der Waals surface area contributed by atoms with Crippen LogP contribution in [0, 0.1) is 18.7 Å². The van der Waals surface area contributed by atoms with Crippen LogP contribution >= 0.6 is 0 Å². The lowest BCUT2D eigenvalue weighted by atomic mass is 9.81.